The maximum absolute atomic E-state index is 6.35. The lowest BCUT2D eigenvalue weighted by atomic mass is 9.77. The van der Waals surface area contributed by atoms with Gasteiger partial charge in [-0.25, -0.2) is 4.98 Å². The van der Waals surface area contributed by atoms with Crippen LogP contribution in [-0.2, 0) is 11.2 Å². The molecule has 2 heterocycles. The van der Waals surface area contributed by atoms with Crippen LogP contribution in [0.25, 0.3) is 0 Å². The molecule has 118 valence electrons. The Labute approximate surface area is 131 Å². The minimum atomic E-state index is 0.154. The third-order valence-corrected chi connectivity index (χ3v) is 5.93. The minimum absolute atomic E-state index is 0.154. The van der Waals surface area contributed by atoms with Crippen molar-refractivity contribution in [2.24, 2.45) is 17.1 Å². The van der Waals surface area contributed by atoms with E-state index in [0.717, 1.165) is 37.7 Å². The fourth-order valence-corrected chi connectivity index (χ4v) is 4.61. The van der Waals surface area contributed by atoms with E-state index in [1.807, 2.05) is 0 Å². The van der Waals surface area contributed by atoms with Crippen molar-refractivity contribution in [2.75, 3.05) is 31.7 Å². The predicted molar refractivity (Wildman–Crippen MR) is 88.0 cm³/mol. The minimum Gasteiger partial charge on any atom is -0.381 e. The van der Waals surface area contributed by atoms with Gasteiger partial charge in [-0.05, 0) is 37.0 Å². The highest BCUT2D eigenvalue weighted by molar-refractivity contribution is 7.15. The molecule has 0 saturated carbocycles. The summed E-state index contributed by atoms with van der Waals surface area (Å²) in [5, 5.41) is 1.12. The SMILES string of the molecule is CN(CC1CCCOC1)c1nc2c(s1)C(N)CC(C)(C)C2. The molecule has 21 heavy (non-hydrogen) atoms. The summed E-state index contributed by atoms with van der Waals surface area (Å²) in [6, 6.07) is 0.154. The first kappa shape index (κ1) is 15.3. The number of thiazole rings is 1. The molecule has 2 N–H and O–H groups in total. The second-order valence-corrected chi connectivity index (χ2v) is 8.43. The zero-order valence-corrected chi connectivity index (χ0v) is 14.2. The van der Waals surface area contributed by atoms with Gasteiger partial charge in [0.2, 0.25) is 0 Å². The highest BCUT2D eigenvalue weighted by Crippen LogP contribution is 2.43. The average Bonchev–Trinajstić information content (AvgIpc) is 2.82. The first-order chi connectivity index (χ1) is 9.94. The molecule has 1 saturated heterocycles. The van der Waals surface area contributed by atoms with Crippen LogP contribution in [0.5, 0.6) is 0 Å². The number of fused-ring (bicyclic) bond motifs is 1. The van der Waals surface area contributed by atoms with Gasteiger partial charge in [-0.3, -0.25) is 0 Å². The number of rotatable bonds is 3. The highest BCUT2D eigenvalue weighted by Gasteiger charge is 2.33. The van der Waals surface area contributed by atoms with Gasteiger partial charge in [0.15, 0.2) is 5.13 Å². The van der Waals surface area contributed by atoms with Gasteiger partial charge in [-0.15, -0.1) is 11.3 Å². The molecule has 1 aromatic rings. The second kappa shape index (κ2) is 5.86. The number of aromatic nitrogens is 1. The molecule has 1 aromatic heterocycles. The Morgan fingerprint density at radius 2 is 2.29 bits per heavy atom. The summed E-state index contributed by atoms with van der Waals surface area (Å²) in [6.07, 6.45) is 4.56. The molecule has 2 unspecified atom stereocenters. The molecular formula is C16H27N3OS. The van der Waals surface area contributed by atoms with E-state index in [-0.39, 0.29) is 11.5 Å². The molecule has 5 heteroatoms. The Kier molecular flexibility index (Phi) is 4.26. The van der Waals surface area contributed by atoms with Crippen LogP contribution in [0.2, 0.25) is 0 Å². The number of hydrogen-bond acceptors (Lipinski definition) is 5. The van der Waals surface area contributed by atoms with Crippen molar-refractivity contribution in [3.05, 3.63) is 10.6 Å². The molecule has 0 amide bonds. The van der Waals surface area contributed by atoms with Gasteiger partial charge in [-0.1, -0.05) is 13.8 Å². The van der Waals surface area contributed by atoms with Crippen LogP contribution in [-0.4, -0.2) is 31.8 Å². The van der Waals surface area contributed by atoms with E-state index in [0.29, 0.717) is 5.92 Å². The maximum Gasteiger partial charge on any atom is 0.185 e. The van der Waals surface area contributed by atoms with Crippen LogP contribution in [0.1, 0.15) is 49.7 Å². The monoisotopic (exact) mass is 309 g/mol. The molecule has 2 atom stereocenters. The Morgan fingerprint density at radius 3 is 3.00 bits per heavy atom. The van der Waals surface area contributed by atoms with Crippen LogP contribution < -0.4 is 10.6 Å². The summed E-state index contributed by atoms with van der Waals surface area (Å²) in [5.41, 5.74) is 7.85. The molecule has 0 spiro atoms. The Morgan fingerprint density at radius 1 is 1.48 bits per heavy atom. The van der Waals surface area contributed by atoms with Crippen LogP contribution >= 0.6 is 11.3 Å². The Bertz CT molecular complexity index is 494. The summed E-state index contributed by atoms with van der Waals surface area (Å²) in [6.45, 7) is 7.43. The van der Waals surface area contributed by atoms with Crippen LogP contribution in [0.4, 0.5) is 5.13 Å². The van der Waals surface area contributed by atoms with Crippen LogP contribution in [0, 0.1) is 11.3 Å². The fourth-order valence-electron chi connectivity index (χ4n) is 3.56. The third kappa shape index (κ3) is 3.41. The molecule has 0 radical (unpaired) electrons. The number of ether oxygens (including phenoxy) is 1. The lowest BCUT2D eigenvalue weighted by Gasteiger charge is -2.32. The average molecular weight is 309 g/mol. The number of anilines is 1. The molecular weight excluding hydrogens is 282 g/mol. The van der Waals surface area contributed by atoms with Gasteiger partial charge < -0.3 is 15.4 Å². The van der Waals surface area contributed by atoms with Crippen molar-refractivity contribution >= 4 is 16.5 Å². The summed E-state index contributed by atoms with van der Waals surface area (Å²) < 4.78 is 5.58. The molecule has 1 aliphatic carbocycles. The van der Waals surface area contributed by atoms with E-state index in [4.69, 9.17) is 15.5 Å². The van der Waals surface area contributed by atoms with Crippen molar-refractivity contribution in [2.45, 2.75) is 45.6 Å². The zero-order valence-electron chi connectivity index (χ0n) is 13.4. The van der Waals surface area contributed by atoms with Crippen LogP contribution in [0.15, 0.2) is 0 Å². The van der Waals surface area contributed by atoms with E-state index in [2.05, 4.69) is 25.8 Å². The van der Waals surface area contributed by atoms with E-state index in [1.54, 1.807) is 11.3 Å². The lowest BCUT2D eigenvalue weighted by Crippen LogP contribution is -2.30. The lowest BCUT2D eigenvalue weighted by molar-refractivity contribution is 0.0576. The second-order valence-electron chi connectivity index (χ2n) is 7.42. The molecule has 2 aliphatic rings. The van der Waals surface area contributed by atoms with Crippen molar-refractivity contribution in [3.63, 3.8) is 0 Å². The quantitative estimate of drug-likeness (QED) is 0.932. The highest BCUT2D eigenvalue weighted by atomic mass is 32.1. The molecule has 4 nitrogen and oxygen atoms in total. The normalized spacial score (nSPS) is 28.2. The standard InChI is InChI=1S/C16H27N3OS/c1-16(2)7-12(17)14-13(8-16)18-15(21-14)19(3)9-11-5-4-6-20-10-11/h11-12H,4-10,17H2,1-3H3. The largest absolute Gasteiger partial charge is 0.381 e. The van der Waals surface area contributed by atoms with Gasteiger partial charge in [0.1, 0.15) is 0 Å². The van der Waals surface area contributed by atoms with Gasteiger partial charge in [0.25, 0.3) is 0 Å². The Balaban J connectivity index is 1.71. The van der Waals surface area contributed by atoms with Gasteiger partial charge in [0.05, 0.1) is 12.3 Å². The van der Waals surface area contributed by atoms with Gasteiger partial charge in [-0.2, -0.15) is 0 Å². The summed E-state index contributed by atoms with van der Waals surface area (Å²) >= 11 is 1.79. The molecule has 3 rings (SSSR count). The van der Waals surface area contributed by atoms with Crippen molar-refractivity contribution in [1.82, 2.24) is 4.98 Å². The third-order valence-electron chi connectivity index (χ3n) is 4.58. The predicted octanol–water partition coefficient (Wildman–Crippen LogP) is 2.98. The first-order valence-corrected chi connectivity index (χ1v) is 8.80. The maximum atomic E-state index is 6.35. The smallest absolute Gasteiger partial charge is 0.185 e. The van der Waals surface area contributed by atoms with Crippen LogP contribution in [0.3, 0.4) is 0 Å². The van der Waals surface area contributed by atoms with Crippen molar-refractivity contribution in [3.8, 4) is 0 Å². The van der Waals surface area contributed by atoms with E-state index in [1.165, 1.54) is 23.4 Å². The molecule has 0 bridgehead atoms. The molecule has 0 aromatic carbocycles. The molecule has 1 fully saturated rings. The van der Waals surface area contributed by atoms with Crippen molar-refractivity contribution in [1.29, 1.82) is 0 Å². The Hall–Kier alpha value is -0.650. The summed E-state index contributed by atoms with van der Waals surface area (Å²) in [5.74, 6) is 0.634. The zero-order chi connectivity index (χ0) is 15.0. The van der Waals surface area contributed by atoms with Crippen molar-refractivity contribution < 1.29 is 4.74 Å². The van der Waals surface area contributed by atoms with Gasteiger partial charge >= 0.3 is 0 Å². The summed E-state index contributed by atoms with van der Waals surface area (Å²) in [7, 11) is 2.15. The first-order valence-electron chi connectivity index (χ1n) is 7.99. The van der Waals surface area contributed by atoms with E-state index in [9.17, 15) is 0 Å². The van der Waals surface area contributed by atoms with Gasteiger partial charge in [0, 0.05) is 31.1 Å². The fraction of sp³-hybridized carbons (Fsp3) is 0.812. The summed E-state index contributed by atoms with van der Waals surface area (Å²) in [4.78, 5) is 8.48. The number of hydrogen-bond donors (Lipinski definition) is 1. The molecule has 1 aliphatic heterocycles. The van der Waals surface area contributed by atoms with E-state index >= 15 is 0 Å². The number of nitrogens with zero attached hydrogens (tertiary/aromatic N) is 2. The van der Waals surface area contributed by atoms with E-state index < -0.39 is 0 Å². The topological polar surface area (TPSA) is 51.4 Å². The number of nitrogens with two attached hydrogens (primary N) is 1.